The highest BCUT2D eigenvalue weighted by atomic mass is 35.5. The van der Waals surface area contributed by atoms with E-state index in [0.29, 0.717) is 23.2 Å². The normalized spacial score (nSPS) is 17.0. The predicted molar refractivity (Wildman–Crippen MR) is 137 cm³/mol. The number of hydrogen-bond donors (Lipinski definition) is 4. The Labute approximate surface area is 213 Å². The molecular formula is C24H28ClN7O4. The number of halogens is 1. The number of nitrogen functional groups attached to an aromatic ring is 1. The van der Waals surface area contributed by atoms with E-state index in [2.05, 4.69) is 10.6 Å². The third-order valence-electron chi connectivity index (χ3n) is 6.06. The first-order chi connectivity index (χ1) is 16.6. The second-order valence-corrected chi connectivity index (χ2v) is 8.39. The van der Waals surface area contributed by atoms with E-state index in [9.17, 15) is 14.4 Å². The van der Waals surface area contributed by atoms with Gasteiger partial charge < -0.3 is 25.7 Å². The molecule has 2 aromatic carbocycles. The van der Waals surface area contributed by atoms with Gasteiger partial charge in [-0.1, -0.05) is 6.07 Å². The number of amidine groups is 1. The van der Waals surface area contributed by atoms with Gasteiger partial charge in [0, 0.05) is 18.3 Å². The molecule has 2 heterocycles. The van der Waals surface area contributed by atoms with E-state index in [-0.39, 0.29) is 24.8 Å². The highest BCUT2D eigenvalue weighted by Crippen LogP contribution is 2.31. The standard InChI is InChI=1S/C24H27N7O4.ClH/c1-4-35-20(32)13-31-22(33)24(2,29-23(31)34)15-7-10-18-17(11-15)28-19(30(18)3)12-27-16-8-5-14(6-9-16)21(25)26;/h5-11,27H,4,12-13H2,1-3H3,(H3,25,26)(H,29,34);1H. The summed E-state index contributed by atoms with van der Waals surface area (Å²) >= 11 is 0. The first-order valence-corrected chi connectivity index (χ1v) is 11.1. The fraction of sp³-hybridized carbons (Fsp3) is 0.292. The molecule has 4 rings (SSSR count). The van der Waals surface area contributed by atoms with Crippen LogP contribution in [-0.2, 0) is 33.5 Å². The lowest BCUT2D eigenvalue weighted by molar-refractivity contribution is -0.147. The molecule has 0 aliphatic carbocycles. The van der Waals surface area contributed by atoms with Gasteiger partial charge in [-0.15, -0.1) is 12.4 Å². The smallest absolute Gasteiger partial charge is 0.326 e. The quantitative estimate of drug-likeness (QED) is 0.156. The number of nitrogens with zero attached hydrogens (tertiary/aromatic N) is 3. The van der Waals surface area contributed by atoms with Gasteiger partial charge in [0.15, 0.2) is 0 Å². The maximum Gasteiger partial charge on any atom is 0.326 e. The van der Waals surface area contributed by atoms with Crippen LogP contribution >= 0.6 is 12.4 Å². The summed E-state index contributed by atoms with van der Waals surface area (Å²) in [5.41, 5.74) is 7.77. The average Bonchev–Trinajstić information content (AvgIpc) is 3.26. The first kappa shape index (κ1) is 26.5. The van der Waals surface area contributed by atoms with Crippen LogP contribution in [0.2, 0.25) is 0 Å². The number of nitrogens with two attached hydrogens (primary N) is 1. The van der Waals surface area contributed by atoms with Crippen LogP contribution in [0.4, 0.5) is 10.5 Å². The van der Waals surface area contributed by atoms with Gasteiger partial charge >= 0.3 is 12.0 Å². The molecule has 0 bridgehead atoms. The van der Waals surface area contributed by atoms with Crippen molar-refractivity contribution < 1.29 is 19.1 Å². The van der Waals surface area contributed by atoms with Crippen LogP contribution in [-0.4, -0.2) is 51.3 Å². The molecule has 1 atom stereocenters. The molecule has 0 radical (unpaired) electrons. The number of aromatic nitrogens is 2. The van der Waals surface area contributed by atoms with Crippen LogP contribution in [0.5, 0.6) is 0 Å². The molecule has 1 aliphatic rings. The molecule has 12 heteroatoms. The molecule has 1 aliphatic heterocycles. The molecule has 5 N–H and O–H groups in total. The van der Waals surface area contributed by atoms with Crippen LogP contribution in [0.25, 0.3) is 11.0 Å². The number of rotatable bonds is 8. The number of nitrogens with one attached hydrogen (secondary N) is 3. The van der Waals surface area contributed by atoms with Gasteiger partial charge in [0.25, 0.3) is 5.91 Å². The van der Waals surface area contributed by atoms with Crippen molar-refractivity contribution in [2.24, 2.45) is 12.8 Å². The molecule has 1 saturated heterocycles. The van der Waals surface area contributed by atoms with Crippen molar-refractivity contribution in [2.45, 2.75) is 25.9 Å². The van der Waals surface area contributed by atoms with Crippen LogP contribution in [0.1, 0.15) is 30.8 Å². The van der Waals surface area contributed by atoms with E-state index in [1.807, 2.05) is 29.8 Å². The number of fused-ring (bicyclic) bond motifs is 1. The summed E-state index contributed by atoms with van der Waals surface area (Å²) in [5.74, 6) is -0.392. The lowest BCUT2D eigenvalue weighted by Gasteiger charge is -2.22. The molecule has 1 aromatic heterocycles. The zero-order valence-electron chi connectivity index (χ0n) is 20.1. The minimum atomic E-state index is -1.33. The van der Waals surface area contributed by atoms with E-state index >= 15 is 0 Å². The van der Waals surface area contributed by atoms with Gasteiger partial charge in [-0.25, -0.2) is 9.78 Å². The van der Waals surface area contributed by atoms with Crippen molar-refractivity contribution in [3.8, 4) is 0 Å². The lowest BCUT2D eigenvalue weighted by atomic mass is 9.91. The Hall–Kier alpha value is -4.12. The summed E-state index contributed by atoms with van der Waals surface area (Å²) in [6, 6.07) is 12.0. The monoisotopic (exact) mass is 513 g/mol. The van der Waals surface area contributed by atoms with Gasteiger partial charge in [-0.2, -0.15) is 0 Å². The Balaban J connectivity index is 0.00000361. The maximum absolute atomic E-state index is 13.1. The third-order valence-corrected chi connectivity index (χ3v) is 6.06. The van der Waals surface area contributed by atoms with Crippen LogP contribution in [0, 0.1) is 5.41 Å². The number of aryl methyl sites for hydroxylation is 1. The minimum absolute atomic E-state index is 0. The second kappa shape index (κ2) is 10.2. The Morgan fingerprint density at radius 3 is 2.56 bits per heavy atom. The molecule has 3 aromatic rings. The summed E-state index contributed by atoms with van der Waals surface area (Å²) in [6.45, 7) is 3.43. The summed E-state index contributed by atoms with van der Waals surface area (Å²) in [7, 11) is 1.90. The number of esters is 1. The van der Waals surface area contributed by atoms with Crippen LogP contribution in [0.15, 0.2) is 42.5 Å². The first-order valence-electron chi connectivity index (χ1n) is 11.1. The van der Waals surface area contributed by atoms with Crippen molar-refractivity contribution in [1.82, 2.24) is 19.8 Å². The molecule has 1 fully saturated rings. The van der Waals surface area contributed by atoms with Crippen molar-refractivity contribution in [3.63, 3.8) is 0 Å². The summed E-state index contributed by atoms with van der Waals surface area (Å²) < 4.78 is 6.82. The number of carbonyl (C=O) groups is 3. The summed E-state index contributed by atoms with van der Waals surface area (Å²) in [5, 5.41) is 13.5. The van der Waals surface area contributed by atoms with Gasteiger partial charge in [-0.3, -0.25) is 19.9 Å². The van der Waals surface area contributed by atoms with Crippen molar-refractivity contribution >= 4 is 52.9 Å². The number of amides is 3. The fourth-order valence-electron chi connectivity index (χ4n) is 4.04. The average molecular weight is 514 g/mol. The maximum atomic E-state index is 13.1. The number of imide groups is 1. The zero-order valence-corrected chi connectivity index (χ0v) is 20.9. The van der Waals surface area contributed by atoms with Crippen LogP contribution in [0.3, 0.4) is 0 Å². The lowest BCUT2D eigenvalue weighted by Crippen LogP contribution is -2.41. The van der Waals surface area contributed by atoms with Crippen molar-refractivity contribution in [3.05, 3.63) is 59.4 Å². The number of urea groups is 1. The summed E-state index contributed by atoms with van der Waals surface area (Å²) in [6.07, 6.45) is 0. The number of anilines is 1. The Morgan fingerprint density at radius 1 is 1.22 bits per heavy atom. The zero-order chi connectivity index (χ0) is 25.3. The van der Waals surface area contributed by atoms with E-state index in [0.717, 1.165) is 21.9 Å². The molecule has 190 valence electrons. The van der Waals surface area contributed by atoms with E-state index in [4.69, 9.17) is 20.9 Å². The number of hydrogen-bond acceptors (Lipinski definition) is 7. The molecule has 0 spiro atoms. The van der Waals surface area contributed by atoms with E-state index in [1.165, 1.54) is 0 Å². The number of imidazole rings is 1. The number of benzene rings is 2. The third kappa shape index (κ3) is 4.82. The highest BCUT2D eigenvalue weighted by Gasteiger charge is 2.49. The predicted octanol–water partition coefficient (Wildman–Crippen LogP) is 2.22. The molecule has 11 nitrogen and oxygen atoms in total. The molecule has 1 unspecified atom stereocenters. The van der Waals surface area contributed by atoms with E-state index in [1.54, 1.807) is 38.1 Å². The Morgan fingerprint density at radius 2 is 1.92 bits per heavy atom. The molecule has 0 saturated carbocycles. The minimum Gasteiger partial charge on any atom is -0.465 e. The highest BCUT2D eigenvalue weighted by molar-refractivity contribution is 6.09. The second-order valence-electron chi connectivity index (χ2n) is 8.39. The summed E-state index contributed by atoms with van der Waals surface area (Å²) in [4.78, 5) is 43.0. The molecule has 36 heavy (non-hydrogen) atoms. The largest absolute Gasteiger partial charge is 0.465 e. The topological polar surface area (TPSA) is 155 Å². The van der Waals surface area contributed by atoms with Crippen LogP contribution < -0.4 is 16.4 Å². The molecular weight excluding hydrogens is 486 g/mol. The number of ether oxygens (including phenoxy) is 1. The fourth-order valence-corrected chi connectivity index (χ4v) is 4.04. The van der Waals surface area contributed by atoms with Crippen molar-refractivity contribution in [2.75, 3.05) is 18.5 Å². The Kier molecular flexibility index (Phi) is 7.54. The Bertz CT molecular complexity index is 1340. The van der Waals surface area contributed by atoms with Gasteiger partial charge in [0.2, 0.25) is 0 Å². The number of carbonyl (C=O) groups excluding carboxylic acids is 3. The molecule has 3 amide bonds. The van der Waals surface area contributed by atoms with Gasteiger partial charge in [0.1, 0.15) is 23.7 Å². The van der Waals surface area contributed by atoms with Crippen molar-refractivity contribution in [1.29, 1.82) is 5.41 Å². The SMILES string of the molecule is CCOC(=O)CN1C(=O)NC(C)(c2ccc3c(c2)nc(CNc2ccc(C(=N)N)cc2)n3C)C1=O.Cl. The van der Waals surface area contributed by atoms with Gasteiger partial charge in [0.05, 0.1) is 24.2 Å². The van der Waals surface area contributed by atoms with Gasteiger partial charge in [-0.05, 0) is 55.8 Å². The van der Waals surface area contributed by atoms with E-state index < -0.39 is 30.0 Å².